The Balaban J connectivity index is 2.20. The molecule has 1 N–H and O–H groups in total. The predicted octanol–water partition coefficient (Wildman–Crippen LogP) is 1.64. The third-order valence-electron chi connectivity index (χ3n) is 3.06. The minimum absolute atomic E-state index is 0.139. The summed E-state index contributed by atoms with van der Waals surface area (Å²) in [5, 5.41) is 3.40. The van der Waals surface area contributed by atoms with Crippen LogP contribution in [-0.2, 0) is 4.74 Å². The quantitative estimate of drug-likeness (QED) is 0.755. The van der Waals surface area contributed by atoms with Crippen LogP contribution in [0, 0.1) is 0 Å². The second-order valence-corrected chi connectivity index (χ2v) is 4.53. The van der Waals surface area contributed by atoms with Gasteiger partial charge in [0, 0.05) is 31.7 Å². The van der Waals surface area contributed by atoms with Crippen molar-refractivity contribution in [2.75, 3.05) is 32.8 Å². The van der Waals surface area contributed by atoms with Crippen LogP contribution in [0.2, 0.25) is 0 Å². The van der Waals surface area contributed by atoms with Crippen molar-refractivity contribution < 1.29 is 17.9 Å². The fraction of sp³-hybridized carbons (Fsp3) is 1.00. The number of nitrogens with one attached hydrogen (secondary N) is 1. The second kappa shape index (κ2) is 6.56. The molecule has 2 atom stereocenters. The molecular weight excluding hydrogens is 233 g/mol. The lowest BCUT2D eigenvalue weighted by Gasteiger charge is -2.38. The van der Waals surface area contributed by atoms with E-state index in [1.165, 1.54) is 0 Å². The van der Waals surface area contributed by atoms with Crippen molar-refractivity contribution in [3.8, 4) is 0 Å². The summed E-state index contributed by atoms with van der Waals surface area (Å²) in [6.45, 7) is 5.50. The highest BCUT2D eigenvalue weighted by atomic mass is 19.4. The molecule has 1 fully saturated rings. The van der Waals surface area contributed by atoms with Gasteiger partial charge in [-0.1, -0.05) is 6.92 Å². The topological polar surface area (TPSA) is 24.5 Å². The molecule has 0 aromatic rings. The minimum atomic E-state index is -4.22. The van der Waals surface area contributed by atoms with E-state index < -0.39 is 12.8 Å². The SMILES string of the molecule is CCC1CN(CCOCC(F)(F)F)C(C)CN1. The van der Waals surface area contributed by atoms with Gasteiger partial charge in [-0.05, 0) is 13.3 Å². The van der Waals surface area contributed by atoms with Gasteiger partial charge < -0.3 is 10.1 Å². The Kier molecular flexibility index (Phi) is 5.69. The maximum atomic E-state index is 11.9. The maximum Gasteiger partial charge on any atom is 0.411 e. The van der Waals surface area contributed by atoms with Crippen molar-refractivity contribution in [3.05, 3.63) is 0 Å². The van der Waals surface area contributed by atoms with E-state index in [1.54, 1.807) is 0 Å². The average Bonchev–Trinajstić information content (AvgIpc) is 2.25. The van der Waals surface area contributed by atoms with E-state index in [9.17, 15) is 13.2 Å². The summed E-state index contributed by atoms with van der Waals surface area (Å²) >= 11 is 0. The number of halogens is 3. The first kappa shape index (κ1) is 14.7. The maximum absolute atomic E-state index is 11.9. The van der Waals surface area contributed by atoms with Crippen molar-refractivity contribution in [1.82, 2.24) is 10.2 Å². The highest BCUT2D eigenvalue weighted by Gasteiger charge is 2.28. The summed E-state index contributed by atoms with van der Waals surface area (Å²) in [5.74, 6) is 0. The Morgan fingerprint density at radius 1 is 1.41 bits per heavy atom. The van der Waals surface area contributed by atoms with Crippen LogP contribution >= 0.6 is 0 Å². The lowest BCUT2D eigenvalue weighted by Crippen LogP contribution is -2.55. The van der Waals surface area contributed by atoms with Gasteiger partial charge >= 0.3 is 6.18 Å². The molecule has 0 aliphatic carbocycles. The van der Waals surface area contributed by atoms with Gasteiger partial charge in [-0.25, -0.2) is 0 Å². The summed E-state index contributed by atoms with van der Waals surface area (Å²) in [6.07, 6.45) is -3.19. The van der Waals surface area contributed by atoms with Crippen LogP contribution in [0.4, 0.5) is 13.2 Å². The van der Waals surface area contributed by atoms with Gasteiger partial charge in [-0.3, -0.25) is 4.90 Å². The van der Waals surface area contributed by atoms with Crippen LogP contribution in [-0.4, -0.2) is 56.0 Å². The molecule has 17 heavy (non-hydrogen) atoms. The summed E-state index contributed by atoms with van der Waals surface area (Å²) < 4.78 is 40.2. The Labute approximate surface area is 100 Å². The molecule has 0 saturated carbocycles. The highest BCUT2D eigenvalue weighted by Crippen LogP contribution is 2.14. The number of ether oxygens (including phenoxy) is 1. The highest BCUT2D eigenvalue weighted by molar-refractivity contribution is 4.82. The van der Waals surface area contributed by atoms with Gasteiger partial charge in [-0.15, -0.1) is 0 Å². The standard InChI is InChI=1S/C11H21F3N2O/c1-3-10-7-16(9(2)6-15-10)4-5-17-8-11(12,13)14/h9-10,15H,3-8H2,1-2H3. The number of hydrogen-bond donors (Lipinski definition) is 1. The minimum Gasteiger partial charge on any atom is -0.371 e. The van der Waals surface area contributed by atoms with Crippen molar-refractivity contribution in [2.45, 2.75) is 38.5 Å². The van der Waals surface area contributed by atoms with Crippen LogP contribution < -0.4 is 5.32 Å². The zero-order chi connectivity index (χ0) is 12.9. The second-order valence-electron chi connectivity index (χ2n) is 4.53. The van der Waals surface area contributed by atoms with Gasteiger partial charge in [-0.2, -0.15) is 13.2 Å². The molecule has 1 heterocycles. The zero-order valence-corrected chi connectivity index (χ0v) is 10.4. The summed E-state index contributed by atoms with van der Waals surface area (Å²) in [7, 11) is 0. The largest absolute Gasteiger partial charge is 0.411 e. The van der Waals surface area contributed by atoms with E-state index in [0.29, 0.717) is 18.6 Å². The fourth-order valence-corrected chi connectivity index (χ4v) is 1.95. The zero-order valence-electron chi connectivity index (χ0n) is 10.4. The molecule has 0 amide bonds. The Morgan fingerprint density at radius 2 is 2.12 bits per heavy atom. The molecule has 0 radical (unpaired) electrons. The third kappa shape index (κ3) is 5.70. The number of alkyl halides is 3. The summed E-state index contributed by atoms with van der Waals surface area (Å²) in [4.78, 5) is 2.18. The smallest absolute Gasteiger partial charge is 0.371 e. The molecule has 0 bridgehead atoms. The molecule has 3 nitrogen and oxygen atoms in total. The van der Waals surface area contributed by atoms with E-state index in [2.05, 4.69) is 28.8 Å². The molecule has 0 aromatic heterocycles. The predicted molar refractivity (Wildman–Crippen MR) is 60.0 cm³/mol. The molecule has 102 valence electrons. The lowest BCUT2D eigenvalue weighted by atomic mass is 10.1. The molecule has 1 rings (SSSR count). The lowest BCUT2D eigenvalue weighted by molar-refractivity contribution is -0.175. The molecule has 6 heteroatoms. The van der Waals surface area contributed by atoms with Crippen LogP contribution in [0.5, 0.6) is 0 Å². The molecule has 2 unspecified atom stereocenters. The van der Waals surface area contributed by atoms with Crippen molar-refractivity contribution in [2.24, 2.45) is 0 Å². The first-order chi connectivity index (χ1) is 7.92. The molecular formula is C11H21F3N2O. The Morgan fingerprint density at radius 3 is 2.71 bits per heavy atom. The van der Waals surface area contributed by atoms with Crippen molar-refractivity contribution in [3.63, 3.8) is 0 Å². The van der Waals surface area contributed by atoms with Crippen molar-refractivity contribution >= 4 is 0 Å². The van der Waals surface area contributed by atoms with Gasteiger partial charge in [0.15, 0.2) is 0 Å². The van der Waals surface area contributed by atoms with Crippen LogP contribution in [0.15, 0.2) is 0 Å². The number of rotatable bonds is 5. The number of piperazine rings is 1. The molecule has 1 saturated heterocycles. The Bertz CT molecular complexity index is 223. The van der Waals surface area contributed by atoms with Gasteiger partial charge in [0.2, 0.25) is 0 Å². The average molecular weight is 254 g/mol. The monoisotopic (exact) mass is 254 g/mol. The van der Waals surface area contributed by atoms with E-state index in [-0.39, 0.29) is 6.61 Å². The van der Waals surface area contributed by atoms with E-state index in [0.717, 1.165) is 19.5 Å². The fourth-order valence-electron chi connectivity index (χ4n) is 1.95. The first-order valence-corrected chi connectivity index (χ1v) is 6.04. The molecule has 0 spiro atoms. The van der Waals surface area contributed by atoms with Crippen LogP contribution in [0.1, 0.15) is 20.3 Å². The molecule has 0 aromatic carbocycles. The van der Waals surface area contributed by atoms with E-state index >= 15 is 0 Å². The van der Waals surface area contributed by atoms with E-state index in [1.807, 2.05) is 0 Å². The summed E-state index contributed by atoms with van der Waals surface area (Å²) in [6, 6.07) is 0.793. The number of nitrogens with zero attached hydrogens (tertiary/aromatic N) is 1. The van der Waals surface area contributed by atoms with Gasteiger partial charge in [0.05, 0.1) is 6.61 Å². The molecule has 1 aliphatic rings. The molecule has 1 aliphatic heterocycles. The Hall–Kier alpha value is -0.330. The number of hydrogen-bond acceptors (Lipinski definition) is 3. The van der Waals surface area contributed by atoms with Gasteiger partial charge in [0.1, 0.15) is 6.61 Å². The van der Waals surface area contributed by atoms with Crippen molar-refractivity contribution in [1.29, 1.82) is 0 Å². The summed E-state index contributed by atoms with van der Waals surface area (Å²) in [5.41, 5.74) is 0. The van der Waals surface area contributed by atoms with Crippen LogP contribution in [0.3, 0.4) is 0 Å². The van der Waals surface area contributed by atoms with E-state index in [4.69, 9.17) is 0 Å². The van der Waals surface area contributed by atoms with Gasteiger partial charge in [0.25, 0.3) is 0 Å². The third-order valence-corrected chi connectivity index (χ3v) is 3.06. The first-order valence-electron chi connectivity index (χ1n) is 6.04. The normalized spacial score (nSPS) is 27.4. The van der Waals surface area contributed by atoms with Crippen LogP contribution in [0.25, 0.3) is 0 Å².